The predicted molar refractivity (Wildman–Crippen MR) is 63.9 cm³/mol. The van der Waals surface area contributed by atoms with Gasteiger partial charge in [-0.25, -0.2) is 0 Å². The smallest absolute Gasteiger partial charge is 0.0259 e. The molecule has 1 aromatic rings. The third kappa shape index (κ3) is 4.64. The van der Waals surface area contributed by atoms with Gasteiger partial charge in [-0.1, -0.05) is 30.3 Å². The highest BCUT2D eigenvalue weighted by Crippen LogP contribution is 2.06. The third-order valence-corrected chi connectivity index (χ3v) is 2.36. The lowest BCUT2D eigenvalue weighted by Gasteiger charge is -2.14. The SMILES string of the molecule is CC#CCCC(Cc1ccccc1)NN. The topological polar surface area (TPSA) is 38.0 Å². The Bertz CT molecular complexity index is 321. The Morgan fingerprint density at radius 3 is 2.67 bits per heavy atom. The van der Waals surface area contributed by atoms with E-state index >= 15 is 0 Å². The van der Waals surface area contributed by atoms with Crippen LogP contribution >= 0.6 is 0 Å². The van der Waals surface area contributed by atoms with Crippen LogP contribution in [0.25, 0.3) is 0 Å². The first-order valence-electron chi connectivity index (χ1n) is 5.26. The second kappa shape index (κ2) is 7.05. The molecule has 0 spiro atoms. The lowest BCUT2D eigenvalue weighted by atomic mass is 10.0. The van der Waals surface area contributed by atoms with Gasteiger partial charge in [-0.2, -0.15) is 0 Å². The van der Waals surface area contributed by atoms with Gasteiger partial charge in [0.25, 0.3) is 0 Å². The lowest BCUT2D eigenvalue weighted by Crippen LogP contribution is -2.36. The molecular weight excluding hydrogens is 184 g/mol. The Morgan fingerprint density at radius 2 is 2.07 bits per heavy atom. The molecule has 1 rings (SSSR count). The second-order valence-corrected chi connectivity index (χ2v) is 3.52. The molecule has 0 fully saturated rings. The van der Waals surface area contributed by atoms with Gasteiger partial charge >= 0.3 is 0 Å². The van der Waals surface area contributed by atoms with Crippen LogP contribution in [-0.2, 0) is 6.42 Å². The van der Waals surface area contributed by atoms with Gasteiger partial charge in [0.1, 0.15) is 0 Å². The summed E-state index contributed by atoms with van der Waals surface area (Å²) in [6.45, 7) is 1.86. The molecule has 15 heavy (non-hydrogen) atoms. The Hall–Kier alpha value is -1.30. The zero-order valence-electron chi connectivity index (χ0n) is 9.16. The molecule has 0 aliphatic rings. The van der Waals surface area contributed by atoms with E-state index < -0.39 is 0 Å². The van der Waals surface area contributed by atoms with Crippen LogP contribution in [0.2, 0.25) is 0 Å². The quantitative estimate of drug-likeness (QED) is 0.434. The number of hydrogen-bond acceptors (Lipinski definition) is 2. The van der Waals surface area contributed by atoms with Crippen molar-refractivity contribution in [2.45, 2.75) is 32.2 Å². The maximum atomic E-state index is 5.50. The minimum absolute atomic E-state index is 0.313. The molecule has 2 nitrogen and oxygen atoms in total. The zero-order chi connectivity index (χ0) is 10.9. The molecule has 0 heterocycles. The monoisotopic (exact) mass is 202 g/mol. The summed E-state index contributed by atoms with van der Waals surface area (Å²) in [7, 11) is 0. The van der Waals surface area contributed by atoms with E-state index in [1.165, 1.54) is 5.56 Å². The molecule has 0 aliphatic carbocycles. The molecule has 0 saturated heterocycles. The Morgan fingerprint density at radius 1 is 1.33 bits per heavy atom. The van der Waals surface area contributed by atoms with Gasteiger partial charge in [0.05, 0.1) is 0 Å². The van der Waals surface area contributed by atoms with E-state index in [4.69, 9.17) is 5.84 Å². The molecule has 1 unspecified atom stereocenters. The van der Waals surface area contributed by atoms with Gasteiger partial charge in [0.15, 0.2) is 0 Å². The van der Waals surface area contributed by atoms with Crippen LogP contribution < -0.4 is 11.3 Å². The molecule has 0 aliphatic heterocycles. The minimum Gasteiger partial charge on any atom is -0.271 e. The van der Waals surface area contributed by atoms with Crippen molar-refractivity contribution in [2.24, 2.45) is 5.84 Å². The third-order valence-electron chi connectivity index (χ3n) is 2.36. The summed E-state index contributed by atoms with van der Waals surface area (Å²) in [5.41, 5.74) is 4.15. The lowest BCUT2D eigenvalue weighted by molar-refractivity contribution is 0.498. The fraction of sp³-hybridized carbons (Fsp3) is 0.385. The van der Waals surface area contributed by atoms with Crippen molar-refractivity contribution in [1.29, 1.82) is 0 Å². The van der Waals surface area contributed by atoms with Crippen molar-refractivity contribution in [2.75, 3.05) is 0 Å². The van der Waals surface area contributed by atoms with Crippen molar-refractivity contribution in [3.8, 4) is 11.8 Å². The number of benzene rings is 1. The number of nitrogens with two attached hydrogens (primary N) is 1. The van der Waals surface area contributed by atoms with Gasteiger partial charge in [0, 0.05) is 12.5 Å². The van der Waals surface area contributed by atoms with E-state index in [0.29, 0.717) is 6.04 Å². The number of rotatable bonds is 5. The van der Waals surface area contributed by atoms with Crippen molar-refractivity contribution >= 4 is 0 Å². The highest BCUT2D eigenvalue weighted by Gasteiger charge is 2.05. The Kier molecular flexibility index (Phi) is 5.54. The normalized spacial score (nSPS) is 11.6. The standard InChI is InChI=1S/C13H18N2/c1-2-3-5-10-13(15-14)11-12-8-6-4-7-9-12/h4,6-9,13,15H,5,10-11,14H2,1H3. The van der Waals surface area contributed by atoms with E-state index in [1.54, 1.807) is 0 Å². The van der Waals surface area contributed by atoms with Crippen molar-refractivity contribution in [3.05, 3.63) is 35.9 Å². The second-order valence-electron chi connectivity index (χ2n) is 3.52. The first-order valence-corrected chi connectivity index (χ1v) is 5.26. The Balaban J connectivity index is 2.42. The molecule has 0 saturated carbocycles. The van der Waals surface area contributed by atoms with Crippen LogP contribution in [0.4, 0.5) is 0 Å². The minimum atomic E-state index is 0.313. The molecule has 3 N–H and O–H groups in total. The summed E-state index contributed by atoms with van der Waals surface area (Å²) in [4.78, 5) is 0. The molecule has 2 heteroatoms. The highest BCUT2D eigenvalue weighted by molar-refractivity contribution is 5.15. The molecular formula is C13H18N2. The van der Waals surface area contributed by atoms with Gasteiger partial charge in [-0.15, -0.1) is 11.8 Å². The summed E-state index contributed by atoms with van der Waals surface area (Å²) >= 11 is 0. The summed E-state index contributed by atoms with van der Waals surface area (Å²) < 4.78 is 0. The summed E-state index contributed by atoms with van der Waals surface area (Å²) in [5, 5.41) is 0. The molecule has 0 radical (unpaired) electrons. The van der Waals surface area contributed by atoms with E-state index in [2.05, 4.69) is 41.5 Å². The summed E-state index contributed by atoms with van der Waals surface area (Å²) in [6.07, 6.45) is 2.85. The summed E-state index contributed by atoms with van der Waals surface area (Å²) in [6, 6.07) is 10.7. The van der Waals surface area contributed by atoms with Crippen LogP contribution in [0.1, 0.15) is 25.3 Å². The summed E-state index contributed by atoms with van der Waals surface area (Å²) in [5.74, 6) is 11.5. The van der Waals surface area contributed by atoms with Crippen LogP contribution in [0, 0.1) is 11.8 Å². The highest BCUT2D eigenvalue weighted by atomic mass is 15.2. The van der Waals surface area contributed by atoms with Crippen LogP contribution in [0.15, 0.2) is 30.3 Å². The molecule has 0 amide bonds. The fourth-order valence-corrected chi connectivity index (χ4v) is 1.51. The zero-order valence-corrected chi connectivity index (χ0v) is 9.16. The van der Waals surface area contributed by atoms with E-state index in [0.717, 1.165) is 19.3 Å². The van der Waals surface area contributed by atoms with E-state index in [9.17, 15) is 0 Å². The van der Waals surface area contributed by atoms with Crippen LogP contribution in [0.3, 0.4) is 0 Å². The first-order chi connectivity index (χ1) is 7.36. The van der Waals surface area contributed by atoms with Crippen molar-refractivity contribution in [1.82, 2.24) is 5.43 Å². The molecule has 1 aromatic carbocycles. The Labute approximate surface area is 91.8 Å². The van der Waals surface area contributed by atoms with Crippen LogP contribution in [-0.4, -0.2) is 6.04 Å². The molecule has 0 aromatic heterocycles. The molecule has 80 valence electrons. The van der Waals surface area contributed by atoms with Crippen molar-refractivity contribution < 1.29 is 0 Å². The number of hydrogen-bond donors (Lipinski definition) is 2. The molecule has 1 atom stereocenters. The molecule has 0 bridgehead atoms. The number of nitrogens with one attached hydrogen (secondary N) is 1. The largest absolute Gasteiger partial charge is 0.271 e. The van der Waals surface area contributed by atoms with Gasteiger partial charge in [-0.05, 0) is 25.3 Å². The fourth-order valence-electron chi connectivity index (χ4n) is 1.51. The van der Waals surface area contributed by atoms with Gasteiger partial charge < -0.3 is 0 Å². The average molecular weight is 202 g/mol. The maximum Gasteiger partial charge on any atom is 0.0259 e. The van der Waals surface area contributed by atoms with Gasteiger partial charge in [0.2, 0.25) is 0 Å². The van der Waals surface area contributed by atoms with Gasteiger partial charge in [-0.3, -0.25) is 11.3 Å². The van der Waals surface area contributed by atoms with E-state index in [1.807, 2.05) is 13.0 Å². The van der Waals surface area contributed by atoms with Crippen LogP contribution in [0.5, 0.6) is 0 Å². The maximum absolute atomic E-state index is 5.50. The average Bonchev–Trinajstić information content (AvgIpc) is 2.29. The van der Waals surface area contributed by atoms with E-state index in [-0.39, 0.29) is 0 Å². The first kappa shape index (κ1) is 11.8. The van der Waals surface area contributed by atoms with Crippen molar-refractivity contribution in [3.63, 3.8) is 0 Å². The predicted octanol–water partition coefficient (Wildman–Crippen LogP) is 1.86. The number of hydrazine groups is 1.